The summed E-state index contributed by atoms with van der Waals surface area (Å²) >= 11 is 0. The quantitative estimate of drug-likeness (QED) is 0.312. The molecule has 170 valence electrons. The predicted molar refractivity (Wildman–Crippen MR) is 114 cm³/mol. The van der Waals surface area contributed by atoms with Crippen molar-refractivity contribution in [3.63, 3.8) is 0 Å². The van der Waals surface area contributed by atoms with E-state index in [2.05, 4.69) is 23.8 Å². The lowest BCUT2D eigenvalue weighted by molar-refractivity contribution is -0.196. The molecule has 0 saturated carbocycles. The Kier molecular flexibility index (Phi) is 7.62. The molecule has 0 aliphatic heterocycles. The van der Waals surface area contributed by atoms with Gasteiger partial charge in [-0.2, -0.15) is 17.6 Å². The third kappa shape index (κ3) is 5.93. The number of alkyl halides is 2. The van der Waals surface area contributed by atoms with Crippen molar-refractivity contribution < 1.29 is 31.8 Å². The van der Waals surface area contributed by atoms with E-state index >= 15 is 0 Å². The molecule has 0 atom stereocenters. The minimum absolute atomic E-state index is 0.101. The molecule has 3 rings (SSSR count). The highest BCUT2D eigenvalue weighted by atomic mass is 19.3. The molecule has 3 nitrogen and oxygen atoms in total. The van der Waals surface area contributed by atoms with Gasteiger partial charge in [-0.25, -0.2) is 0 Å². The molecule has 0 bridgehead atoms. The van der Waals surface area contributed by atoms with E-state index in [1.54, 1.807) is 31.2 Å². The second kappa shape index (κ2) is 10.4. The lowest BCUT2D eigenvalue weighted by atomic mass is 10.0. The summed E-state index contributed by atoms with van der Waals surface area (Å²) in [5, 5.41) is 0. The first-order valence-electron chi connectivity index (χ1n) is 10.3. The first-order chi connectivity index (χ1) is 15.3. The zero-order valence-electron chi connectivity index (χ0n) is 17.8. The first-order valence-corrected chi connectivity index (χ1v) is 10.3. The fourth-order valence-corrected chi connectivity index (χ4v) is 3.11. The molecule has 0 aromatic heterocycles. The van der Waals surface area contributed by atoms with Crippen molar-refractivity contribution in [1.82, 2.24) is 0 Å². The van der Waals surface area contributed by atoms with Gasteiger partial charge in [-0.1, -0.05) is 49.7 Å². The molecule has 0 radical (unpaired) electrons. The van der Waals surface area contributed by atoms with E-state index in [1.165, 1.54) is 5.56 Å². The monoisotopic (exact) mass is 448 g/mol. The molecular formula is C25H24F4O3. The average molecular weight is 448 g/mol. The molecule has 3 aromatic rings. The largest absolute Gasteiger partial charge is 0.491 e. The summed E-state index contributed by atoms with van der Waals surface area (Å²) in [7, 11) is 0. The highest BCUT2D eigenvalue weighted by Gasteiger charge is 2.35. The van der Waals surface area contributed by atoms with E-state index in [9.17, 15) is 17.6 Å². The van der Waals surface area contributed by atoms with Crippen LogP contribution in [0.3, 0.4) is 0 Å². The molecule has 0 spiro atoms. The average Bonchev–Trinajstić information content (AvgIpc) is 2.79. The van der Waals surface area contributed by atoms with Gasteiger partial charge in [-0.05, 0) is 54.3 Å². The van der Waals surface area contributed by atoms with Crippen molar-refractivity contribution in [2.75, 3.05) is 13.2 Å². The van der Waals surface area contributed by atoms with Gasteiger partial charge in [0.25, 0.3) is 0 Å². The van der Waals surface area contributed by atoms with Gasteiger partial charge in [-0.3, -0.25) is 0 Å². The summed E-state index contributed by atoms with van der Waals surface area (Å²) in [5.41, 5.74) is 3.16. The highest BCUT2D eigenvalue weighted by molar-refractivity contribution is 5.64. The van der Waals surface area contributed by atoms with Crippen molar-refractivity contribution in [3.05, 3.63) is 77.9 Å². The molecule has 0 unspecified atom stereocenters. The molecule has 3 aromatic carbocycles. The third-order valence-electron chi connectivity index (χ3n) is 4.66. The normalized spacial score (nSPS) is 11.3. The molecule has 0 aliphatic rings. The summed E-state index contributed by atoms with van der Waals surface area (Å²) in [4.78, 5) is 0. The van der Waals surface area contributed by atoms with E-state index in [0.29, 0.717) is 0 Å². The molecule has 0 amide bonds. The fourth-order valence-electron chi connectivity index (χ4n) is 3.11. The van der Waals surface area contributed by atoms with Crippen LogP contribution in [0.25, 0.3) is 11.1 Å². The Morgan fingerprint density at radius 3 is 1.88 bits per heavy atom. The molecule has 0 N–H and O–H groups in total. The van der Waals surface area contributed by atoms with Crippen LogP contribution in [-0.4, -0.2) is 19.3 Å². The predicted octanol–water partition coefficient (Wildman–Crippen LogP) is 7.03. The second-order valence-electron chi connectivity index (χ2n) is 7.12. The maximum Gasteiger partial charge on any atom is 0.433 e. The maximum absolute atomic E-state index is 14.1. The number of aryl methyl sites for hydroxylation is 1. The molecule has 0 aliphatic carbocycles. The van der Waals surface area contributed by atoms with E-state index in [0.717, 1.165) is 36.1 Å². The number of benzene rings is 3. The number of hydrogen-bond acceptors (Lipinski definition) is 3. The van der Waals surface area contributed by atoms with Crippen LogP contribution in [0.2, 0.25) is 0 Å². The molecule has 7 heteroatoms. The summed E-state index contributed by atoms with van der Waals surface area (Å²) in [5.74, 6) is -4.05. The van der Waals surface area contributed by atoms with Gasteiger partial charge >= 0.3 is 6.11 Å². The van der Waals surface area contributed by atoms with Crippen LogP contribution in [0.15, 0.2) is 60.7 Å². The van der Waals surface area contributed by atoms with Gasteiger partial charge in [0.05, 0.1) is 6.61 Å². The van der Waals surface area contributed by atoms with Crippen LogP contribution in [0.1, 0.15) is 25.8 Å². The van der Waals surface area contributed by atoms with Gasteiger partial charge in [-0.15, -0.1) is 0 Å². The van der Waals surface area contributed by atoms with Crippen molar-refractivity contribution in [2.45, 2.75) is 32.8 Å². The smallest absolute Gasteiger partial charge is 0.433 e. The topological polar surface area (TPSA) is 27.7 Å². The lowest BCUT2D eigenvalue weighted by Crippen LogP contribution is -2.33. The third-order valence-corrected chi connectivity index (χ3v) is 4.66. The zero-order chi connectivity index (χ0) is 23.1. The summed E-state index contributed by atoms with van der Waals surface area (Å²) in [6.07, 6.45) is -1.80. The van der Waals surface area contributed by atoms with Gasteiger partial charge in [0.15, 0.2) is 18.1 Å². The number of hydrogen-bond donors (Lipinski definition) is 0. The van der Waals surface area contributed by atoms with Crippen LogP contribution >= 0.6 is 0 Å². The first kappa shape index (κ1) is 23.4. The van der Waals surface area contributed by atoms with Crippen molar-refractivity contribution in [1.29, 1.82) is 0 Å². The molecular weight excluding hydrogens is 424 g/mol. The van der Waals surface area contributed by atoms with Gasteiger partial charge in [0, 0.05) is 0 Å². The Hall–Kier alpha value is -3.22. The van der Waals surface area contributed by atoms with Crippen LogP contribution < -0.4 is 14.2 Å². The van der Waals surface area contributed by atoms with E-state index in [4.69, 9.17) is 9.47 Å². The minimum atomic E-state index is -3.88. The SMILES string of the molecule is CCCc1ccc(-c2ccc(OCC(F)(F)Oc3ccc(OCC)c(F)c3F)cc2)cc1. The Balaban J connectivity index is 1.61. The standard InChI is InChI=1S/C25H24F4O3/c1-3-5-17-6-8-18(9-7-17)19-10-12-20(13-11-19)31-16-25(28,29)32-22-15-14-21(30-4-2)23(26)24(22)27/h6-15H,3-5,16H2,1-2H3. The van der Waals surface area contributed by atoms with Crippen LogP contribution in [0.4, 0.5) is 17.6 Å². The van der Waals surface area contributed by atoms with Crippen molar-refractivity contribution >= 4 is 0 Å². The molecule has 0 saturated heterocycles. The summed E-state index contributed by atoms with van der Waals surface area (Å²) < 4.78 is 70.5. The van der Waals surface area contributed by atoms with Crippen molar-refractivity contribution in [3.8, 4) is 28.4 Å². The molecule has 0 fully saturated rings. The van der Waals surface area contributed by atoms with Gasteiger partial charge < -0.3 is 14.2 Å². The molecule has 0 heterocycles. The van der Waals surface area contributed by atoms with Gasteiger partial charge in [0.1, 0.15) is 5.75 Å². The second-order valence-corrected chi connectivity index (χ2v) is 7.12. The molecule has 32 heavy (non-hydrogen) atoms. The van der Waals surface area contributed by atoms with Gasteiger partial charge in [0.2, 0.25) is 11.6 Å². The van der Waals surface area contributed by atoms with E-state index in [-0.39, 0.29) is 18.1 Å². The number of halogens is 4. The Bertz CT molecular complexity index is 1020. The Morgan fingerprint density at radius 1 is 0.719 bits per heavy atom. The van der Waals surface area contributed by atoms with Crippen molar-refractivity contribution in [2.24, 2.45) is 0 Å². The maximum atomic E-state index is 14.1. The Morgan fingerprint density at radius 2 is 1.28 bits per heavy atom. The minimum Gasteiger partial charge on any atom is -0.491 e. The summed E-state index contributed by atoms with van der Waals surface area (Å²) in [6.45, 7) is 2.63. The fraction of sp³-hybridized carbons (Fsp3) is 0.280. The Labute approximate surface area is 184 Å². The zero-order valence-corrected chi connectivity index (χ0v) is 17.8. The van der Waals surface area contributed by atoms with E-state index < -0.39 is 30.1 Å². The van der Waals surface area contributed by atoms with Crippen LogP contribution in [0.5, 0.6) is 17.2 Å². The van der Waals surface area contributed by atoms with Crippen LogP contribution in [-0.2, 0) is 6.42 Å². The van der Waals surface area contributed by atoms with E-state index in [1.807, 2.05) is 12.1 Å². The van der Waals surface area contributed by atoms with Crippen LogP contribution in [0, 0.1) is 11.6 Å². The summed E-state index contributed by atoms with van der Waals surface area (Å²) in [6, 6.07) is 16.7. The highest BCUT2D eigenvalue weighted by Crippen LogP contribution is 2.31. The number of rotatable bonds is 10. The lowest BCUT2D eigenvalue weighted by Gasteiger charge is -2.19. The number of ether oxygens (including phenoxy) is 3.